The first-order valence-corrected chi connectivity index (χ1v) is 8.16. The first-order valence-electron chi connectivity index (χ1n) is 6.30. The molecule has 3 rings (SSSR count). The summed E-state index contributed by atoms with van der Waals surface area (Å²) in [5.74, 6) is 1.33. The van der Waals surface area contributed by atoms with Crippen LogP contribution in [0, 0.1) is 11.3 Å². The zero-order chi connectivity index (χ0) is 14.5. The lowest BCUT2D eigenvalue weighted by Crippen LogP contribution is -1.83. The van der Waals surface area contributed by atoms with E-state index in [0.717, 1.165) is 5.56 Å². The van der Waals surface area contributed by atoms with E-state index in [0.29, 0.717) is 28.9 Å². The highest BCUT2D eigenvalue weighted by Crippen LogP contribution is 2.23. The van der Waals surface area contributed by atoms with Crippen LogP contribution in [-0.4, -0.2) is 10.2 Å². The van der Waals surface area contributed by atoms with Gasteiger partial charge >= 0.3 is 0 Å². The van der Waals surface area contributed by atoms with Crippen molar-refractivity contribution in [3.05, 3.63) is 63.7 Å². The van der Waals surface area contributed by atoms with Gasteiger partial charge in [0.15, 0.2) is 0 Å². The molecule has 0 aliphatic heterocycles. The van der Waals surface area contributed by atoms with Crippen molar-refractivity contribution in [1.29, 1.82) is 5.26 Å². The van der Waals surface area contributed by atoms with E-state index in [1.807, 2.05) is 29.6 Å². The summed E-state index contributed by atoms with van der Waals surface area (Å²) in [4.78, 5) is 1.21. The lowest BCUT2D eigenvalue weighted by molar-refractivity contribution is 0.421. The third-order valence-corrected chi connectivity index (χ3v) is 4.54. The minimum atomic E-state index is 0.559. The molecule has 0 amide bonds. The monoisotopic (exact) mass is 313 g/mol. The molecule has 0 bridgehead atoms. The van der Waals surface area contributed by atoms with Gasteiger partial charge < -0.3 is 4.42 Å². The normalized spacial score (nSPS) is 10.4. The van der Waals surface area contributed by atoms with Crippen LogP contribution in [0.2, 0.25) is 0 Å². The molecule has 0 aliphatic carbocycles. The molecule has 0 N–H and O–H groups in total. The summed E-state index contributed by atoms with van der Waals surface area (Å²) in [6, 6.07) is 13.7. The number of nitrogens with zero attached hydrogens (tertiary/aromatic N) is 3. The predicted octanol–water partition coefficient (Wildman–Crippen LogP) is 3.89. The number of nitriles is 1. The number of hydrogen-bond acceptors (Lipinski definition) is 6. The third kappa shape index (κ3) is 3.72. The maximum Gasteiger partial charge on any atom is 0.276 e. The van der Waals surface area contributed by atoms with Gasteiger partial charge in [-0.15, -0.1) is 21.5 Å². The number of hydrogen-bond donors (Lipinski definition) is 0. The lowest BCUT2D eigenvalue weighted by atomic mass is 10.2. The minimum absolute atomic E-state index is 0.559. The summed E-state index contributed by atoms with van der Waals surface area (Å²) in [6.07, 6.45) is 0.676. The smallest absolute Gasteiger partial charge is 0.276 e. The van der Waals surface area contributed by atoms with Crippen molar-refractivity contribution >= 4 is 23.1 Å². The van der Waals surface area contributed by atoms with E-state index in [1.54, 1.807) is 17.4 Å². The Morgan fingerprint density at radius 1 is 1.24 bits per heavy atom. The van der Waals surface area contributed by atoms with Gasteiger partial charge in [0.2, 0.25) is 5.89 Å². The Balaban J connectivity index is 1.61. The van der Waals surface area contributed by atoms with Gasteiger partial charge in [-0.25, -0.2) is 0 Å². The molecule has 0 atom stereocenters. The standard InChI is InChI=1S/C15H11N3OS2/c16-9-11-3-1-4-12(7-11)10-21-15-18-17-14(19-15)8-13-5-2-6-20-13/h1-7H,8,10H2. The van der Waals surface area contributed by atoms with Crippen LogP contribution in [0.25, 0.3) is 0 Å². The van der Waals surface area contributed by atoms with Crippen LogP contribution in [0.4, 0.5) is 0 Å². The average Bonchev–Trinajstić information content (AvgIpc) is 3.18. The quantitative estimate of drug-likeness (QED) is 0.669. The molecule has 3 aromatic rings. The van der Waals surface area contributed by atoms with Crippen molar-refractivity contribution in [1.82, 2.24) is 10.2 Å². The summed E-state index contributed by atoms with van der Waals surface area (Å²) < 4.78 is 5.62. The molecule has 0 aliphatic rings. The Morgan fingerprint density at radius 2 is 2.19 bits per heavy atom. The second kappa shape index (κ2) is 6.57. The second-order valence-electron chi connectivity index (χ2n) is 4.32. The van der Waals surface area contributed by atoms with E-state index in [4.69, 9.17) is 9.68 Å². The van der Waals surface area contributed by atoms with Crippen LogP contribution in [0.5, 0.6) is 0 Å². The third-order valence-electron chi connectivity index (χ3n) is 2.77. The maximum absolute atomic E-state index is 8.88. The number of rotatable bonds is 5. The molecule has 0 spiro atoms. The van der Waals surface area contributed by atoms with Gasteiger partial charge in [0, 0.05) is 10.6 Å². The molecular weight excluding hydrogens is 302 g/mol. The highest BCUT2D eigenvalue weighted by molar-refractivity contribution is 7.98. The number of thiophene rings is 1. The van der Waals surface area contributed by atoms with Gasteiger partial charge in [-0.2, -0.15) is 5.26 Å². The van der Waals surface area contributed by atoms with Crippen LogP contribution < -0.4 is 0 Å². The fourth-order valence-electron chi connectivity index (χ4n) is 1.81. The molecule has 4 nitrogen and oxygen atoms in total. The van der Waals surface area contributed by atoms with Crippen LogP contribution in [0.1, 0.15) is 21.9 Å². The average molecular weight is 313 g/mol. The summed E-state index contributed by atoms with van der Waals surface area (Å²) in [5, 5.41) is 19.6. The second-order valence-corrected chi connectivity index (χ2v) is 6.28. The fraction of sp³-hybridized carbons (Fsp3) is 0.133. The van der Waals surface area contributed by atoms with E-state index in [-0.39, 0.29) is 0 Å². The van der Waals surface area contributed by atoms with Crippen LogP contribution >= 0.6 is 23.1 Å². The summed E-state index contributed by atoms with van der Waals surface area (Å²) in [6.45, 7) is 0. The minimum Gasteiger partial charge on any atom is -0.416 e. The van der Waals surface area contributed by atoms with Crippen molar-refractivity contribution in [3.63, 3.8) is 0 Å². The maximum atomic E-state index is 8.88. The molecule has 2 aromatic heterocycles. The van der Waals surface area contributed by atoms with E-state index in [1.165, 1.54) is 16.6 Å². The van der Waals surface area contributed by atoms with Gasteiger partial charge in [-0.1, -0.05) is 30.0 Å². The molecular formula is C15H11N3OS2. The first kappa shape index (κ1) is 13.9. The largest absolute Gasteiger partial charge is 0.416 e. The van der Waals surface area contributed by atoms with Crippen LogP contribution in [0.3, 0.4) is 0 Å². The predicted molar refractivity (Wildman–Crippen MR) is 82.1 cm³/mol. The molecule has 2 heterocycles. The van der Waals surface area contributed by atoms with E-state index < -0.39 is 0 Å². The topological polar surface area (TPSA) is 62.7 Å². The van der Waals surface area contributed by atoms with Crippen molar-refractivity contribution in [2.75, 3.05) is 0 Å². The summed E-state index contributed by atoms with van der Waals surface area (Å²) in [5.41, 5.74) is 1.73. The molecule has 21 heavy (non-hydrogen) atoms. The van der Waals surface area contributed by atoms with Gasteiger partial charge in [0.1, 0.15) is 0 Å². The first-order chi connectivity index (χ1) is 10.3. The van der Waals surface area contributed by atoms with Gasteiger partial charge in [0.25, 0.3) is 5.22 Å². The summed E-state index contributed by atoms with van der Waals surface area (Å²) >= 11 is 3.16. The van der Waals surface area contributed by atoms with Crippen molar-refractivity contribution in [2.45, 2.75) is 17.4 Å². The Kier molecular flexibility index (Phi) is 4.34. The Labute approximate surface area is 130 Å². The fourth-order valence-corrected chi connectivity index (χ4v) is 3.23. The Bertz CT molecular complexity index is 759. The molecule has 6 heteroatoms. The van der Waals surface area contributed by atoms with Gasteiger partial charge in [-0.3, -0.25) is 0 Å². The molecule has 1 aromatic carbocycles. The van der Waals surface area contributed by atoms with Gasteiger partial charge in [-0.05, 0) is 29.1 Å². The SMILES string of the molecule is N#Cc1cccc(CSc2nnc(Cc3cccs3)o2)c1. The highest BCUT2D eigenvalue weighted by atomic mass is 32.2. The number of aromatic nitrogens is 2. The number of benzene rings is 1. The molecule has 0 fully saturated rings. The molecule has 0 unspecified atom stereocenters. The van der Waals surface area contributed by atoms with Gasteiger partial charge in [0.05, 0.1) is 18.1 Å². The number of thioether (sulfide) groups is 1. The van der Waals surface area contributed by atoms with E-state index >= 15 is 0 Å². The van der Waals surface area contributed by atoms with Crippen molar-refractivity contribution < 1.29 is 4.42 Å². The highest BCUT2D eigenvalue weighted by Gasteiger charge is 2.08. The zero-order valence-electron chi connectivity index (χ0n) is 11.0. The summed E-state index contributed by atoms with van der Waals surface area (Å²) in [7, 11) is 0. The Hall–Kier alpha value is -2.10. The molecule has 0 saturated heterocycles. The van der Waals surface area contributed by atoms with E-state index in [2.05, 4.69) is 22.3 Å². The molecule has 0 saturated carbocycles. The Morgan fingerprint density at radius 3 is 3.00 bits per heavy atom. The van der Waals surface area contributed by atoms with Crippen LogP contribution in [-0.2, 0) is 12.2 Å². The molecule has 104 valence electrons. The van der Waals surface area contributed by atoms with E-state index in [9.17, 15) is 0 Å². The van der Waals surface area contributed by atoms with Crippen molar-refractivity contribution in [2.24, 2.45) is 0 Å². The lowest BCUT2D eigenvalue weighted by Gasteiger charge is -1.98. The molecule has 0 radical (unpaired) electrons. The van der Waals surface area contributed by atoms with Crippen molar-refractivity contribution in [3.8, 4) is 6.07 Å². The zero-order valence-corrected chi connectivity index (χ0v) is 12.7. The van der Waals surface area contributed by atoms with Crippen LogP contribution in [0.15, 0.2) is 51.4 Å².